The molecule has 3 aromatic rings. The van der Waals surface area contributed by atoms with Crippen LogP contribution in [-0.2, 0) is 11.2 Å². The first-order chi connectivity index (χ1) is 19.5. The lowest BCUT2D eigenvalue weighted by molar-refractivity contribution is -0.112. The van der Waals surface area contributed by atoms with Gasteiger partial charge in [0.15, 0.2) is 5.71 Å². The van der Waals surface area contributed by atoms with Crippen molar-refractivity contribution in [3.8, 4) is 0 Å². The van der Waals surface area contributed by atoms with Crippen molar-refractivity contribution >= 4 is 57.4 Å². The molecule has 1 aliphatic heterocycles. The third kappa shape index (κ3) is 7.95. The molecule has 40 heavy (non-hydrogen) atoms. The Morgan fingerprint density at radius 2 is 1.82 bits per heavy atom. The number of hydrogen-bond donors (Lipinski definition) is 3. The number of nitrogens with zero attached hydrogens (tertiary/aromatic N) is 2. The number of benzene rings is 2. The minimum absolute atomic E-state index is 0.200. The van der Waals surface area contributed by atoms with E-state index in [0.29, 0.717) is 11.5 Å². The standard InChI is InChI=1S/C30H34N4O4S2/c1-2-3-4-5-6-17-34-25-16-15-23(39-18-7-9-21-11-13-22(14-12-21)29(36)37)20-24(25)27(28(34)35)32-33-30(38)31-26-10-8-19-40-26/h8,10-16,19-20H,2-7,9,17-18H2,1H3,(H,36,37)(H2,31,33,38). The Balaban J connectivity index is 1.41. The van der Waals surface area contributed by atoms with E-state index < -0.39 is 12.0 Å². The normalized spacial score (nSPS) is 13.5. The number of rotatable bonds is 14. The van der Waals surface area contributed by atoms with Crippen molar-refractivity contribution in [1.82, 2.24) is 5.43 Å². The summed E-state index contributed by atoms with van der Waals surface area (Å²) >= 11 is 3.10. The molecular weight excluding hydrogens is 544 g/mol. The molecule has 2 aromatic carbocycles. The molecule has 3 amide bonds. The highest BCUT2D eigenvalue weighted by Crippen LogP contribution is 2.34. The number of fused-ring (bicyclic) bond motifs is 1. The maximum absolute atomic E-state index is 13.4. The maximum atomic E-state index is 13.4. The maximum Gasteiger partial charge on any atom is 0.340 e. The van der Waals surface area contributed by atoms with Crippen LogP contribution in [0.1, 0.15) is 66.9 Å². The van der Waals surface area contributed by atoms with E-state index >= 15 is 0 Å². The molecule has 2 heterocycles. The van der Waals surface area contributed by atoms with Crippen LogP contribution in [0.4, 0.5) is 15.5 Å². The van der Waals surface area contributed by atoms with Crippen molar-refractivity contribution in [1.29, 1.82) is 0 Å². The first-order valence-corrected chi connectivity index (χ1v) is 15.4. The smallest absolute Gasteiger partial charge is 0.340 e. The lowest BCUT2D eigenvalue weighted by Gasteiger charge is -2.17. The third-order valence-electron chi connectivity index (χ3n) is 6.55. The molecule has 0 fully saturated rings. The van der Waals surface area contributed by atoms with Crippen LogP contribution in [0.2, 0.25) is 0 Å². The minimum Gasteiger partial charge on any atom is -0.478 e. The lowest BCUT2D eigenvalue weighted by Crippen LogP contribution is -2.33. The Morgan fingerprint density at radius 3 is 2.55 bits per heavy atom. The van der Waals surface area contributed by atoms with Gasteiger partial charge >= 0.3 is 12.0 Å². The van der Waals surface area contributed by atoms with Crippen LogP contribution in [0.3, 0.4) is 0 Å². The Kier molecular flexibility index (Phi) is 10.8. The summed E-state index contributed by atoms with van der Waals surface area (Å²) in [6, 6.07) is 16.1. The average Bonchev–Trinajstić information content (AvgIpc) is 3.55. The monoisotopic (exact) mass is 578 g/mol. The van der Waals surface area contributed by atoms with E-state index in [4.69, 9.17) is 5.11 Å². The Morgan fingerprint density at radius 1 is 1.02 bits per heavy atom. The van der Waals surface area contributed by atoms with Gasteiger partial charge in [-0.1, -0.05) is 44.7 Å². The lowest BCUT2D eigenvalue weighted by atomic mass is 10.1. The van der Waals surface area contributed by atoms with E-state index in [1.807, 2.05) is 41.8 Å². The number of unbranched alkanes of at least 4 members (excludes halogenated alkanes) is 4. The molecule has 0 radical (unpaired) electrons. The number of aromatic carboxylic acids is 1. The quantitative estimate of drug-likeness (QED) is 0.108. The van der Waals surface area contributed by atoms with Crippen molar-refractivity contribution in [3.63, 3.8) is 0 Å². The van der Waals surface area contributed by atoms with Gasteiger partial charge in [0.1, 0.15) is 0 Å². The summed E-state index contributed by atoms with van der Waals surface area (Å²) in [5.41, 5.74) is 5.67. The fourth-order valence-corrected chi connectivity index (χ4v) is 5.96. The van der Waals surface area contributed by atoms with Crippen molar-refractivity contribution in [3.05, 3.63) is 76.7 Å². The second-order valence-electron chi connectivity index (χ2n) is 9.51. The summed E-state index contributed by atoms with van der Waals surface area (Å²) in [5, 5.41) is 18.6. The number of carbonyl (C=O) groups is 3. The van der Waals surface area contributed by atoms with Gasteiger partial charge in [0, 0.05) is 17.0 Å². The number of carboxylic acids is 1. The number of amides is 3. The summed E-state index contributed by atoms with van der Waals surface area (Å²) in [6.07, 6.45) is 7.24. The zero-order valence-electron chi connectivity index (χ0n) is 22.5. The van der Waals surface area contributed by atoms with Gasteiger partial charge in [0.2, 0.25) is 0 Å². The highest BCUT2D eigenvalue weighted by molar-refractivity contribution is 7.99. The molecular formula is C30H34N4O4S2. The van der Waals surface area contributed by atoms with Gasteiger partial charge in [-0.2, -0.15) is 5.10 Å². The highest BCUT2D eigenvalue weighted by Gasteiger charge is 2.34. The molecule has 3 N–H and O–H groups in total. The molecule has 1 aliphatic rings. The summed E-state index contributed by atoms with van der Waals surface area (Å²) in [4.78, 5) is 39.6. The zero-order chi connectivity index (χ0) is 28.3. The van der Waals surface area contributed by atoms with Crippen LogP contribution >= 0.6 is 23.1 Å². The molecule has 1 aromatic heterocycles. The number of carbonyl (C=O) groups excluding carboxylic acids is 2. The number of anilines is 2. The van der Waals surface area contributed by atoms with E-state index in [9.17, 15) is 14.4 Å². The van der Waals surface area contributed by atoms with Gasteiger partial charge in [0.25, 0.3) is 5.91 Å². The number of thiophene rings is 1. The molecule has 0 aliphatic carbocycles. The van der Waals surface area contributed by atoms with Crippen molar-refractivity contribution in [2.75, 3.05) is 22.5 Å². The van der Waals surface area contributed by atoms with Crippen LogP contribution < -0.4 is 15.6 Å². The number of aryl methyl sites for hydroxylation is 1. The van der Waals surface area contributed by atoms with Gasteiger partial charge in [-0.3, -0.25) is 10.1 Å². The van der Waals surface area contributed by atoms with E-state index in [-0.39, 0.29) is 17.2 Å². The molecule has 0 spiro atoms. The van der Waals surface area contributed by atoms with Gasteiger partial charge in [-0.25, -0.2) is 15.0 Å². The van der Waals surface area contributed by atoms with Crippen LogP contribution in [0, 0.1) is 0 Å². The second kappa shape index (κ2) is 14.7. The predicted octanol–water partition coefficient (Wildman–Crippen LogP) is 7.01. The second-order valence-corrected chi connectivity index (χ2v) is 11.6. The van der Waals surface area contributed by atoms with Crippen molar-refractivity contribution < 1.29 is 19.5 Å². The van der Waals surface area contributed by atoms with E-state index in [1.54, 1.807) is 34.9 Å². The van der Waals surface area contributed by atoms with Crippen LogP contribution in [-0.4, -0.2) is 41.0 Å². The molecule has 0 atom stereocenters. The molecule has 0 saturated heterocycles. The fraction of sp³-hybridized carbons (Fsp3) is 0.333. The number of thioether (sulfide) groups is 1. The number of carboxylic acid groups (broad SMARTS) is 1. The van der Waals surface area contributed by atoms with Crippen molar-refractivity contribution in [2.24, 2.45) is 5.10 Å². The van der Waals surface area contributed by atoms with Crippen LogP contribution in [0.5, 0.6) is 0 Å². The summed E-state index contributed by atoms with van der Waals surface area (Å²) < 4.78 is 0. The van der Waals surface area contributed by atoms with Crippen LogP contribution in [0.15, 0.2) is 70.0 Å². The highest BCUT2D eigenvalue weighted by atomic mass is 32.2. The van der Waals surface area contributed by atoms with Crippen LogP contribution in [0.25, 0.3) is 0 Å². The minimum atomic E-state index is -0.923. The summed E-state index contributed by atoms with van der Waals surface area (Å²) in [5.74, 6) is -0.259. The third-order valence-corrected chi connectivity index (χ3v) is 8.42. The van der Waals surface area contributed by atoms with Gasteiger partial charge in [-0.05, 0) is 78.4 Å². The molecule has 0 bridgehead atoms. The van der Waals surface area contributed by atoms with E-state index in [1.165, 1.54) is 24.2 Å². The molecule has 8 nitrogen and oxygen atoms in total. The Labute approximate surface area is 242 Å². The topological polar surface area (TPSA) is 111 Å². The van der Waals surface area contributed by atoms with E-state index in [0.717, 1.165) is 59.6 Å². The van der Waals surface area contributed by atoms with Gasteiger partial charge in [-0.15, -0.1) is 23.1 Å². The average molecular weight is 579 g/mol. The molecule has 0 saturated carbocycles. The molecule has 4 rings (SSSR count). The Hall–Kier alpha value is -3.63. The zero-order valence-corrected chi connectivity index (χ0v) is 24.2. The number of nitrogens with one attached hydrogen (secondary N) is 2. The first kappa shape index (κ1) is 29.4. The predicted molar refractivity (Wildman–Crippen MR) is 163 cm³/mol. The Bertz CT molecular complexity index is 1340. The van der Waals surface area contributed by atoms with Gasteiger partial charge in [0.05, 0.1) is 16.3 Å². The van der Waals surface area contributed by atoms with Gasteiger partial charge < -0.3 is 10.0 Å². The fourth-order valence-electron chi connectivity index (χ4n) is 4.46. The largest absolute Gasteiger partial charge is 0.478 e. The number of hydrazone groups is 1. The summed E-state index contributed by atoms with van der Waals surface area (Å²) in [6.45, 7) is 2.79. The van der Waals surface area contributed by atoms with E-state index in [2.05, 4.69) is 22.8 Å². The molecule has 10 heteroatoms. The first-order valence-electron chi connectivity index (χ1n) is 13.6. The number of hydrogen-bond acceptors (Lipinski definition) is 6. The summed E-state index contributed by atoms with van der Waals surface area (Å²) in [7, 11) is 0. The SMILES string of the molecule is CCCCCCCN1C(=O)C(=NNC(=O)Nc2cccs2)c2cc(SCCCc3ccc(C(=O)O)cc3)ccc21. The molecule has 210 valence electrons. The molecule has 0 unspecified atom stereocenters. The van der Waals surface area contributed by atoms with Crippen molar-refractivity contribution in [2.45, 2.75) is 56.8 Å². The number of urea groups is 1.